The predicted molar refractivity (Wildman–Crippen MR) is 244 cm³/mol. The number of cyclic esters (lactones) is 1. The topological polar surface area (TPSA) is 195 Å². The lowest BCUT2D eigenvalue weighted by atomic mass is 10.1. The number of rotatable bonds is 17. The number of carbonyl (C=O) groups is 4. The highest BCUT2D eigenvalue weighted by molar-refractivity contribution is 5.88. The van der Waals surface area contributed by atoms with E-state index < -0.39 is 24.1 Å². The number of terminal acetylenes is 1. The quantitative estimate of drug-likeness (QED) is 0.0282. The Morgan fingerprint density at radius 2 is 1.09 bits per heavy atom. The van der Waals surface area contributed by atoms with E-state index in [-0.39, 0.29) is 73.5 Å². The first-order chi connectivity index (χ1) is 33.6. The molecule has 0 radical (unpaired) electrons. The first-order valence-electron chi connectivity index (χ1n) is 21.5. The monoisotopic (exact) mass is 984 g/mol. The van der Waals surface area contributed by atoms with Crippen molar-refractivity contribution in [3.8, 4) is 47.2 Å². The molecule has 4 aromatic carbocycles. The van der Waals surface area contributed by atoms with Crippen molar-refractivity contribution in [2.45, 2.75) is 69.4 Å². The Morgan fingerprint density at radius 3 is 1.47 bits per heavy atom. The lowest BCUT2D eigenvalue weighted by Gasteiger charge is -2.22. The number of methoxy groups -OCH3 is 3. The maximum absolute atomic E-state index is 12.6. The van der Waals surface area contributed by atoms with Gasteiger partial charge in [0.25, 0.3) is 0 Å². The summed E-state index contributed by atoms with van der Waals surface area (Å²) in [5.74, 6) is 5.68. The summed E-state index contributed by atoms with van der Waals surface area (Å²) in [6.07, 6.45) is 6.68. The van der Waals surface area contributed by atoms with Crippen molar-refractivity contribution in [2.24, 2.45) is 0 Å². The van der Waals surface area contributed by atoms with Crippen LogP contribution in [0.15, 0.2) is 97.1 Å². The number of aliphatic hydroxyl groups excluding tert-OH is 2. The van der Waals surface area contributed by atoms with Gasteiger partial charge < -0.3 is 52.8 Å². The maximum atomic E-state index is 12.6. The zero-order valence-corrected chi connectivity index (χ0v) is 38.8. The lowest BCUT2D eigenvalue weighted by molar-refractivity contribution is -0.155. The first-order valence-corrected chi connectivity index (χ1v) is 21.5. The third-order valence-corrected chi connectivity index (χ3v) is 8.78. The van der Waals surface area contributed by atoms with E-state index in [4.69, 9.17) is 28.4 Å². The largest absolute Gasteiger partial charge is 0.491 e. The molecular weight excluding hydrogens is 929 g/mol. The minimum atomic E-state index is -0.827. The minimum Gasteiger partial charge on any atom is -0.491 e. The van der Waals surface area contributed by atoms with Gasteiger partial charge in [0.2, 0.25) is 0 Å². The highest BCUT2D eigenvalue weighted by Crippen LogP contribution is 2.18. The second-order valence-corrected chi connectivity index (χ2v) is 14.4. The molecule has 2 fully saturated rings. The number of ether oxygens (including phenoxy) is 9. The van der Waals surface area contributed by atoms with E-state index in [1.807, 2.05) is 0 Å². The molecule has 2 N–H and O–H groups in total. The number of aliphatic hydroxyl groups is 2. The van der Waals surface area contributed by atoms with Crippen LogP contribution >= 0.6 is 0 Å². The summed E-state index contributed by atoms with van der Waals surface area (Å²) in [5, 5.41) is 19.1. The molecule has 0 saturated carbocycles. The molecule has 2 saturated heterocycles. The smallest absolute Gasteiger partial charge is 0.384 e. The van der Waals surface area contributed by atoms with Crippen LogP contribution in [0.3, 0.4) is 0 Å². The molecule has 4 aromatic rings. The van der Waals surface area contributed by atoms with Crippen LogP contribution in [0.1, 0.15) is 44.9 Å². The van der Waals surface area contributed by atoms with Crippen molar-refractivity contribution in [3.05, 3.63) is 120 Å². The second-order valence-electron chi connectivity index (χ2n) is 14.4. The predicted octanol–water partition coefficient (Wildman–Crippen LogP) is 6.74. The van der Waals surface area contributed by atoms with Gasteiger partial charge in [-0.15, -0.1) is 6.42 Å². The van der Waals surface area contributed by atoms with Crippen LogP contribution in [0.2, 0.25) is 0 Å². The standard InChI is InChI=1S/C13H17FO4.C13H13FO4.C12H13FO3.C9H9FO2.C4H4O2/c2*1-17-13(16)4-2-3-11(15)9-18-12-7-5-10(14)6-8-12;13-9-4-6-10(7-5-9)15-8-11-2-1-3-12(14)16-11;10-7-1-3-8(4-2-7)11-5-9-6-12-9;1-3-4(5)6-2/h5-8,11,15H,2-4,9H2,1H3;5-8,11,15H,3,9H2,1H3;4-7,11H,1-3,8H2;1-4,9H,5-6H2;1H,2H3/t;;11-;9-;/m..01./s1. The van der Waals surface area contributed by atoms with Crippen molar-refractivity contribution in [1.29, 1.82) is 0 Å². The zero-order valence-electron chi connectivity index (χ0n) is 38.8. The average molecular weight is 985 g/mol. The van der Waals surface area contributed by atoms with Crippen molar-refractivity contribution in [2.75, 3.05) is 54.4 Å². The fourth-order valence-corrected chi connectivity index (χ4v) is 5.02. The van der Waals surface area contributed by atoms with E-state index in [0.717, 1.165) is 19.4 Å². The summed E-state index contributed by atoms with van der Waals surface area (Å²) in [6, 6.07) is 22.8. The molecule has 0 aliphatic carbocycles. The molecule has 4 atom stereocenters. The Kier molecular flexibility index (Phi) is 29.3. The van der Waals surface area contributed by atoms with Gasteiger partial charge in [-0.25, -0.2) is 27.2 Å². The Labute approximate surface area is 403 Å². The van der Waals surface area contributed by atoms with Crippen molar-refractivity contribution >= 4 is 23.9 Å². The second kappa shape index (κ2) is 34.9. The number of carbonyl (C=O) groups excluding carboxylic acids is 4. The molecule has 0 spiro atoms. The average Bonchev–Trinajstić information content (AvgIpc) is 4.21. The number of hydrogen-bond acceptors (Lipinski definition) is 15. The first kappa shape index (κ1) is 58.8. The van der Waals surface area contributed by atoms with Gasteiger partial charge in [0.05, 0.1) is 40.1 Å². The molecule has 70 heavy (non-hydrogen) atoms. The van der Waals surface area contributed by atoms with Crippen LogP contribution in [0, 0.1) is 47.5 Å². The van der Waals surface area contributed by atoms with Gasteiger partial charge in [-0.3, -0.25) is 9.59 Å². The lowest BCUT2D eigenvalue weighted by Crippen LogP contribution is -2.28. The Morgan fingerprint density at radius 1 is 0.657 bits per heavy atom. The summed E-state index contributed by atoms with van der Waals surface area (Å²) in [4.78, 5) is 42.2. The molecule has 0 aromatic heterocycles. The molecule has 6 rings (SSSR count). The normalized spacial score (nSPS) is 14.6. The van der Waals surface area contributed by atoms with Crippen molar-refractivity contribution in [1.82, 2.24) is 0 Å². The number of epoxide rings is 1. The number of esters is 4. The highest BCUT2D eigenvalue weighted by Gasteiger charge is 2.23. The van der Waals surface area contributed by atoms with E-state index in [1.54, 1.807) is 30.2 Å². The van der Waals surface area contributed by atoms with E-state index in [2.05, 4.69) is 32.5 Å². The third kappa shape index (κ3) is 29.4. The van der Waals surface area contributed by atoms with Crippen LogP contribution in [-0.2, 0) is 42.9 Å². The van der Waals surface area contributed by atoms with Crippen molar-refractivity contribution < 1.29 is 89.6 Å². The van der Waals surface area contributed by atoms with Crippen LogP contribution in [-0.4, -0.2) is 113 Å². The van der Waals surface area contributed by atoms with E-state index in [1.165, 1.54) is 94.1 Å². The third-order valence-electron chi connectivity index (χ3n) is 8.78. The van der Waals surface area contributed by atoms with Crippen LogP contribution in [0.4, 0.5) is 17.6 Å². The molecule has 15 nitrogen and oxygen atoms in total. The van der Waals surface area contributed by atoms with E-state index in [0.29, 0.717) is 55.5 Å². The Bertz CT molecular complexity index is 2220. The molecule has 2 unspecified atom stereocenters. The molecule has 378 valence electrons. The fourth-order valence-electron chi connectivity index (χ4n) is 5.02. The molecule has 2 aliphatic heterocycles. The van der Waals surface area contributed by atoms with Crippen LogP contribution in [0.5, 0.6) is 23.0 Å². The van der Waals surface area contributed by atoms with Gasteiger partial charge in [-0.1, -0.05) is 5.92 Å². The summed E-state index contributed by atoms with van der Waals surface area (Å²) in [5.41, 5.74) is 0. The van der Waals surface area contributed by atoms with Gasteiger partial charge in [-0.2, -0.15) is 0 Å². The SMILES string of the molecule is C#CC(=O)OC.COC(=O)C#CCC(O)COc1ccc(F)cc1.COC(=O)CCCC(O)COc1ccc(F)cc1.Fc1ccc(OC[C@@H]2CO2)cc1.O=C1CCC[C@@H](COc2ccc(F)cc2)O1. The minimum absolute atomic E-state index is 0.0154. The molecular formula is C51H56F4O15. The molecule has 2 aliphatic rings. The summed E-state index contributed by atoms with van der Waals surface area (Å²) in [7, 11) is 3.80. The molecule has 0 bridgehead atoms. The molecule has 19 heteroatoms. The fraction of sp³-hybridized carbons (Fsp3) is 0.373. The Hall–Kier alpha value is -7.32. The highest BCUT2D eigenvalue weighted by atomic mass is 19.1. The van der Waals surface area contributed by atoms with Gasteiger partial charge >= 0.3 is 23.9 Å². The Balaban J connectivity index is 0.000000310. The van der Waals surface area contributed by atoms with E-state index >= 15 is 0 Å². The van der Waals surface area contributed by atoms with Gasteiger partial charge in [0, 0.05) is 31.1 Å². The van der Waals surface area contributed by atoms with Crippen molar-refractivity contribution in [3.63, 3.8) is 0 Å². The zero-order chi connectivity index (χ0) is 51.5. The summed E-state index contributed by atoms with van der Waals surface area (Å²) >= 11 is 0. The maximum Gasteiger partial charge on any atom is 0.384 e. The van der Waals surface area contributed by atoms with Crippen LogP contribution in [0.25, 0.3) is 0 Å². The van der Waals surface area contributed by atoms with Gasteiger partial charge in [-0.05, 0) is 123 Å². The van der Waals surface area contributed by atoms with Gasteiger partial charge in [0.1, 0.15) is 84.9 Å². The van der Waals surface area contributed by atoms with Crippen LogP contribution < -0.4 is 18.9 Å². The number of hydrogen-bond donors (Lipinski definition) is 2. The number of benzene rings is 4. The van der Waals surface area contributed by atoms with E-state index in [9.17, 15) is 47.0 Å². The molecule has 0 amide bonds. The molecule has 2 heterocycles. The number of halogens is 4. The van der Waals surface area contributed by atoms with Gasteiger partial charge in [0.15, 0.2) is 0 Å². The summed E-state index contributed by atoms with van der Waals surface area (Å²) in [6.45, 7) is 1.80. The summed E-state index contributed by atoms with van der Waals surface area (Å²) < 4.78 is 94.3.